The van der Waals surface area contributed by atoms with Crippen molar-refractivity contribution in [1.82, 2.24) is 4.90 Å². The summed E-state index contributed by atoms with van der Waals surface area (Å²) >= 11 is 0. The minimum atomic E-state index is 0.0648. The maximum Gasteiger partial charge on any atom is 0.147 e. The lowest BCUT2D eigenvalue weighted by Crippen LogP contribution is -2.50. The van der Waals surface area contributed by atoms with Crippen molar-refractivity contribution in [2.24, 2.45) is 5.92 Å². The summed E-state index contributed by atoms with van der Waals surface area (Å²) in [6.45, 7) is 14.5. The van der Waals surface area contributed by atoms with Crippen LogP contribution in [0, 0.1) is 5.92 Å². The standard InChI is InChI=1S/C12H25NO/c1-8(2)12(11(7)14)13(9(3)4)10(5)6/h8-10,12H,1-7H3. The molecular weight excluding hydrogens is 174 g/mol. The Kier molecular flexibility index (Phi) is 5.35. The van der Waals surface area contributed by atoms with Gasteiger partial charge in [-0.2, -0.15) is 0 Å². The lowest BCUT2D eigenvalue weighted by Gasteiger charge is -2.38. The highest BCUT2D eigenvalue weighted by atomic mass is 16.1. The van der Waals surface area contributed by atoms with E-state index >= 15 is 0 Å². The van der Waals surface area contributed by atoms with Gasteiger partial charge in [-0.3, -0.25) is 9.69 Å². The molecule has 0 aliphatic rings. The number of hydrogen-bond donors (Lipinski definition) is 0. The van der Waals surface area contributed by atoms with Crippen LogP contribution in [0.5, 0.6) is 0 Å². The second-order valence-electron chi connectivity index (χ2n) is 4.93. The molecule has 84 valence electrons. The first-order valence-electron chi connectivity index (χ1n) is 5.56. The van der Waals surface area contributed by atoms with E-state index in [2.05, 4.69) is 46.4 Å². The summed E-state index contributed by atoms with van der Waals surface area (Å²) in [7, 11) is 0. The molecule has 0 aliphatic heterocycles. The highest BCUT2D eigenvalue weighted by molar-refractivity contribution is 5.81. The average Bonchev–Trinajstić information content (AvgIpc) is 1.96. The molecular formula is C12H25NO. The van der Waals surface area contributed by atoms with E-state index < -0.39 is 0 Å². The molecule has 2 heteroatoms. The summed E-state index contributed by atoms with van der Waals surface area (Å²) in [4.78, 5) is 13.9. The van der Waals surface area contributed by atoms with Crippen LogP contribution >= 0.6 is 0 Å². The molecule has 0 aliphatic carbocycles. The zero-order chi connectivity index (χ0) is 11.5. The van der Waals surface area contributed by atoms with Crippen molar-refractivity contribution < 1.29 is 4.79 Å². The molecule has 0 aromatic carbocycles. The molecule has 0 amide bonds. The SMILES string of the molecule is CC(=O)C(C(C)C)N(C(C)C)C(C)C. The molecule has 0 N–H and O–H groups in total. The second-order valence-corrected chi connectivity index (χ2v) is 4.93. The first-order chi connectivity index (χ1) is 6.29. The fourth-order valence-electron chi connectivity index (χ4n) is 2.26. The lowest BCUT2D eigenvalue weighted by molar-refractivity contribution is -0.125. The van der Waals surface area contributed by atoms with Crippen LogP contribution < -0.4 is 0 Å². The van der Waals surface area contributed by atoms with Gasteiger partial charge in [0, 0.05) is 12.1 Å². The van der Waals surface area contributed by atoms with Crippen molar-refractivity contribution in [2.45, 2.75) is 66.6 Å². The van der Waals surface area contributed by atoms with Gasteiger partial charge in [-0.15, -0.1) is 0 Å². The summed E-state index contributed by atoms with van der Waals surface area (Å²) in [6, 6.07) is 0.910. The molecule has 0 radical (unpaired) electrons. The van der Waals surface area contributed by atoms with E-state index in [1.165, 1.54) is 0 Å². The normalized spacial score (nSPS) is 14.5. The Bertz CT molecular complexity index is 177. The van der Waals surface area contributed by atoms with Crippen molar-refractivity contribution in [1.29, 1.82) is 0 Å². The van der Waals surface area contributed by atoms with Gasteiger partial charge in [-0.1, -0.05) is 13.8 Å². The van der Waals surface area contributed by atoms with E-state index in [1.807, 2.05) is 0 Å². The molecule has 0 saturated heterocycles. The Morgan fingerprint density at radius 2 is 1.29 bits per heavy atom. The van der Waals surface area contributed by atoms with E-state index in [0.29, 0.717) is 18.0 Å². The number of rotatable bonds is 5. The molecule has 1 atom stereocenters. The Labute approximate surface area is 88.7 Å². The van der Waals surface area contributed by atoms with E-state index in [4.69, 9.17) is 0 Å². The molecule has 0 aromatic rings. The smallest absolute Gasteiger partial charge is 0.147 e. The highest BCUT2D eigenvalue weighted by Crippen LogP contribution is 2.18. The van der Waals surface area contributed by atoms with E-state index in [-0.39, 0.29) is 11.8 Å². The molecule has 0 bridgehead atoms. The molecule has 1 unspecified atom stereocenters. The van der Waals surface area contributed by atoms with E-state index in [1.54, 1.807) is 6.92 Å². The molecule has 0 spiro atoms. The van der Waals surface area contributed by atoms with Crippen LogP contribution in [0.2, 0.25) is 0 Å². The maximum absolute atomic E-state index is 11.6. The van der Waals surface area contributed by atoms with E-state index in [9.17, 15) is 4.79 Å². The molecule has 0 saturated carbocycles. The van der Waals surface area contributed by atoms with Crippen molar-refractivity contribution in [3.8, 4) is 0 Å². The lowest BCUT2D eigenvalue weighted by atomic mass is 9.96. The third-order valence-corrected chi connectivity index (χ3v) is 2.56. The maximum atomic E-state index is 11.6. The number of carbonyl (C=O) groups is 1. The summed E-state index contributed by atoms with van der Waals surface area (Å²) < 4.78 is 0. The van der Waals surface area contributed by atoms with Crippen LogP contribution in [0.1, 0.15) is 48.5 Å². The van der Waals surface area contributed by atoms with Gasteiger partial charge in [-0.05, 0) is 40.5 Å². The van der Waals surface area contributed by atoms with Crippen LogP contribution in [0.25, 0.3) is 0 Å². The molecule has 0 fully saturated rings. The van der Waals surface area contributed by atoms with Crippen LogP contribution in [-0.2, 0) is 4.79 Å². The highest BCUT2D eigenvalue weighted by Gasteiger charge is 2.29. The monoisotopic (exact) mass is 199 g/mol. The second kappa shape index (κ2) is 5.50. The Hall–Kier alpha value is -0.370. The van der Waals surface area contributed by atoms with Crippen molar-refractivity contribution >= 4 is 5.78 Å². The zero-order valence-electron chi connectivity index (χ0n) is 10.7. The molecule has 0 aromatic heterocycles. The van der Waals surface area contributed by atoms with Crippen molar-refractivity contribution in [3.05, 3.63) is 0 Å². The Morgan fingerprint density at radius 3 is 1.36 bits per heavy atom. The first-order valence-corrected chi connectivity index (χ1v) is 5.56. The van der Waals surface area contributed by atoms with Crippen LogP contribution in [0.4, 0.5) is 0 Å². The minimum absolute atomic E-state index is 0.0648. The molecule has 0 heterocycles. The predicted molar refractivity (Wildman–Crippen MR) is 61.4 cm³/mol. The molecule has 0 rings (SSSR count). The molecule has 2 nitrogen and oxygen atoms in total. The average molecular weight is 199 g/mol. The predicted octanol–water partition coefficient (Wildman–Crippen LogP) is 2.72. The number of nitrogens with zero attached hydrogens (tertiary/aromatic N) is 1. The van der Waals surface area contributed by atoms with Crippen LogP contribution in [0.15, 0.2) is 0 Å². The quantitative estimate of drug-likeness (QED) is 0.678. The first kappa shape index (κ1) is 13.6. The van der Waals surface area contributed by atoms with Gasteiger partial charge in [-0.25, -0.2) is 0 Å². The van der Waals surface area contributed by atoms with Crippen molar-refractivity contribution in [2.75, 3.05) is 0 Å². The number of ketones is 1. The van der Waals surface area contributed by atoms with Gasteiger partial charge in [0.1, 0.15) is 5.78 Å². The third kappa shape index (κ3) is 3.41. The Morgan fingerprint density at radius 1 is 0.929 bits per heavy atom. The van der Waals surface area contributed by atoms with Gasteiger partial charge in [0.2, 0.25) is 0 Å². The summed E-state index contributed by atoms with van der Waals surface area (Å²) in [5.74, 6) is 0.666. The third-order valence-electron chi connectivity index (χ3n) is 2.56. The number of hydrogen-bond acceptors (Lipinski definition) is 2. The number of Topliss-reactive ketones (excluding diaryl/α,β-unsaturated/α-hetero) is 1. The van der Waals surface area contributed by atoms with Gasteiger partial charge in [0.05, 0.1) is 6.04 Å². The van der Waals surface area contributed by atoms with Crippen LogP contribution in [-0.4, -0.2) is 28.8 Å². The van der Waals surface area contributed by atoms with Crippen molar-refractivity contribution in [3.63, 3.8) is 0 Å². The van der Waals surface area contributed by atoms with Crippen LogP contribution in [0.3, 0.4) is 0 Å². The van der Waals surface area contributed by atoms with Gasteiger partial charge in [0.25, 0.3) is 0 Å². The molecule has 14 heavy (non-hydrogen) atoms. The fourth-order valence-corrected chi connectivity index (χ4v) is 2.26. The number of carbonyl (C=O) groups excluding carboxylic acids is 1. The summed E-state index contributed by atoms with van der Waals surface area (Å²) in [6.07, 6.45) is 0. The minimum Gasteiger partial charge on any atom is -0.298 e. The zero-order valence-corrected chi connectivity index (χ0v) is 10.7. The largest absolute Gasteiger partial charge is 0.298 e. The van der Waals surface area contributed by atoms with Gasteiger partial charge in [0.15, 0.2) is 0 Å². The fraction of sp³-hybridized carbons (Fsp3) is 0.917. The summed E-state index contributed by atoms with van der Waals surface area (Å²) in [5.41, 5.74) is 0. The summed E-state index contributed by atoms with van der Waals surface area (Å²) in [5, 5.41) is 0. The van der Waals surface area contributed by atoms with E-state index in [0.717, 1.165) is 0 Å². The van der Waals surface area contributed by atoms with Gasteiger partial charge >= 0.3 is 0 Å². The topological polar surface area (TPSA) is 20.3 Å². The van der Waals surface area contributed by atoms with Gasteiger partial charge < -0.3 is 0 Å². The Balaban J connectivity index is 4.83.